The standard InChI is InChI=1S/C15H20O/c1-10(2)9-15(4)11(3)12-7-5-6-8-13(12)14(15)16/h5-8,10-11H,9H2,1-4H3. The van der Waals surface area contributed by atoms with Gasteiger partial charge in [-0.15, -0.1) is 0 Å². The molecule has 2 rings (SSSR count). The summed E-state index contributed by atoms with van der Waals surface area (Å²) in [6.07, 6.45) is 0.974. The first-order valence-electron chi connectivity index (χ1n) is 6.10. The van der Waals surface area contributed by atoms with E-state index in [2.05, 4.69) is 33.8 Å². The molecule has 1 aromatic rings. The van der Waals surface area contributed by atoms with Gasteiger partial charge in [0.2, 0.25) is 0 Å². The summed E-state index contributed by atoms with van der Waals surface area (Å²) in [5, 5.41) is 0. The number of Topliss-reactive ketones (excluding diaryl/α,β-unsaturated/α-hetero) is 1. The zero-order chi connectivity index (χ0) is 11.9. The molecule has 0 aromatic heterocycles. The van der Waals surface area contributed by atoms with Crippen molar-refractivity contribution in [3.63, 3.8) is 0 Å². The summed E-state index contributed by atoms with van der Waals surface area (Å²) in [6, 6.07) is 8.07. The molecule has 2 unspecified atom stereocenters. The van der Waals surface area contributed by atoms with Crippen LogP contribution in [-0.4, -0.2) is 5.78 Å². The molecule has 16 heavy (non-hydrogen) atoms. The predicted octanol–water partition coefficient (Wildman–Crippen LogP) is 4.04. The van der Waals surface area contributed by atoms with Gasteiger partial charge in [0.05, 0.1) is 0 Å². The molecule has 86 valence electrons. The van der Waals surface area contributed by atoms with Gasteiger partial charge in [0.15, 0.2) is 5.78 Å². The zero-order valence-electron chi connectivity index (χ0n) is 10.6. The molecule has 0 heterocycles. The Hall–Kier alpha value is -1.11. The third kappa shape index (κ3) is 1.50. The van der Waals surface area contributed by atoms with Gasteiger partial charge in [-0.1, -0.05) is 52.0 Å². The SMILES string of the molecule is CC(C)CC1(C)C(=O)c2ccccc2C1C. The molecule has 1 aliphatic rings. The lowest BCUT2D eigenvalue weighted by Crippen LogP contribution is -2.28. The van der Waals surface area contributed by atoms with Gasteiger partial charge in [0, 0.05) is 11.0 Å². The summed E-state index contributed by atoms with van der Waals surface area (Å²) in [5.41, 5.74) is 1.98. The van der Waals surface area contributed by atoms with Gasteiger partial charge in [0.1, 0.15) is 0 Å². The Morgan fingerprint density at radius 1 is 1.31 bits per heavy atom. The lowest BCUT2D eigenvalue weighted by atomic mass is 9.72. The normalized spacial score (nSPS) is 28.6. The third-order valence-electron chi connectivity index (χ3n) is 3.98. The maximum Gasteiger partial charge on any atom is 0.169 e. The number of ketones is 1. The minimum absolute atomic E-state index is 0.197. The Bertz CT molecular complexity index is 419. The Kier molecular flexibility index (Phi) is 2.65. The largest absolute Gasteiger partial charge is 0.294 e. The summed E-state index contributed by atoms with van der Waals surface area (Å²) in [7, 11) is 0. The van der Waals surface area contributed by atoms with Gasteiger partial charge in [0.25, 0.3) is 0 Å². The van der Waals surface area contributed by atoms with Gasteiger partial charge in [-0.05, 0) is 23.8 Å². The Morgan fingerprint density at radius 2 is 1.94 bits per heavy atom. The zero-order valence-corrected chi connectivity index (χ0v) is 10.6. The van der Waals surface area contributed by atoms with E-state index in [9.17, 15) is 4.79 Å². The van der Waals surface area contributed by atoms with Crippen LogP contribution in [0.1, 0.15) is 56.0 Å². The number of carbonyl (C=O) groups excluding carboxylic acids is 1. The van der Waals surface area contributed by atoms with E-state index in [4.69, 9.17) is 0 Å². The van der Waals surface area contributed by atoms with E-state index in [0.717, 1.165) is 12.0 Å². The second kappa shape index (κ2) is 3.73. The van der Waals surface area contributed by atoms with E-state index < -0.39 is 0 Å². The van der Waals surface area contributed by atoms with E-state index in [1.165, 1.54) is 5.56 Å². The van der Waals surface area contributed by atoms with E-state index >= 15 is 0 Å². The predicted molar refractivity (Wildman–Crippen MR) is 66.7 cm³/mol. The van der Waals surface area contributed by atoms with Crippen LogP contribution in [0.3, 0.4) is 0 Å². The van der Waals surface area contributed by atoms with Gasteiger partial charge < -0.3 is 0 Å². The molecular weight excluding hydrogens is 196 g/mol. The minimum Gasteiger partial charge on any atom is -0.294 e. The second-order valence-electron chi connectivity index (χ2n) is 5.65. The van der Waals surface area contributed by atoms with Crippen LogP contribution in [0.4, 0.5) is 0 Å². The van der Waals surface area contributed by atoms with E-state index in [0.29, 0.717) is 17.6 Å². The molecule has 0 fully saturated rings. The van der Waals surface area contributed by atoms with Crippen molar-refractivity contribution in [1.82, 2.24) is 0 Å². The summed E-state index contributed by atoms with van der Waals surface area (Å²) in [4.78, 5) is 12.5. The topological polar surface area (TPSA) is 17.1 Å². The summed E-state index contributed by atoms with van der Waals surface area (Å²) in [6.45, 7) is 8.69. The number of hydrogen-bond donors (Lipinski definition) is 0. The maximum absolute atomic E-state index is 12.5. The average molecular weight is 216 g/mol. The van der Waals surface area contributed by atoms with Crippen molar-refractivity contribution < 1.29 is 4.79 Å². The quantitative estimate of drug-likeness (QED) is 0.729. The van der Waals surface area contributed by atoms with Gasteiger partial charge in [-0.3, -0.25) is 4.79 Å². The fourth-order valence-electron chi connectivity index (χ4n) is 3.05. The van der Waals surface area contributed by atoms with Crippen molar-refractivity contribution in [2.45, 2.75) is 40.0 Å². The molecule has 1 aliphatic carbocycles. The molecule has 0 spiro atoms. The first kappa shape index (κ1) is 11.4. The molecule has 0 aliphatic heterocycles. The molecule has 0 saturated carbocycles. The van der Waals surface area contributed by atoms with E-state index in [1.807, 2.05) is 18.2 Å². The number of rotatable bonds is 2. The van der Waals surface area contributed by atoms with Gasteiger partial charge in [-0.25, -0.2) is 0 Å². The highest BCUT2D eigenvalue weighted by molar-refractivity contribution is 6.05. The summed E-state index contributed by atoms with van der Waals surface area (Å²) < 4.78 is 0. The molecule has 0 N–H and O–H groups in total. The van der Waals surface area contributed by atoms with Crippen LogP contribution in [-0.2, 0) is 0 Å². The first-order chi connectivity index (χ1) is 7.47. The average Bonchev–Trinajstić information content (AvgIpc) is 2.42. The molecule has 0 amide bonds. The first-order valence-corrected chi connectivity index (χ1v) is 6.10. The fourth-order valence-corrected chi connectivity index (χ4v) is 3.05. The number of hydrogen-bond acceptors (Lipinski definition) is 1. The minimum atomic E-state index is -0.197. The lowest BCUT2D eigenvalue weighted by molar-refractivity contribution is 0.0778. The smallest absolute Gasteiger partial charge is 0.169 e. The molecule has 1 heteroatoms. The molecule has 0 saturated heterocycles. The van der Waals surface area contributed by atoms with Crippen LogP contribution < -0.4 is 0 Å². The van der Waals surface area contributed by atoms with Crippen molar-refractivity contribution in [2.24, 2.45) is 11.3 Å². The van der Waals surface area contributed by atoms with Crippen LogP contribution in [0.5, 0.6) is 0 Å². The van der Waals surface area contributed by atoms with Crippen molar-refractivity contribution in [1.29, 1.82) is 0 Å². The maximum atomic E-state index is 12.5. The third-order valence-corrected chi connectivity index (χ3v) is 3.98. The van der Waals surface area contributed by atoms with Crippen LogP contribution in [0.2, 0.25) is 0 Å². The van der Waals surface area contributed by atoms with Crippen LogP contribution >= 0.6 is 0 Å². The molecule has 0 radical (unpaired) electrons. The Morgan fingerprint density at radius 3 is 2.50 bits per heavy atom. The second-order valence-corrected chi connectivity index (χ2v) is 5.65. The van der Waals surface area contributed by atoms with Crippen molar-refractivity contribution in [3.8, 4) is 0 Å². The van der Waals surface area contributed by atoms with Crippen LogP contribution in [0, 0.1) is 11.3 Å². The van der Waals surface area contributed by atoms with E-state index in [1.54, 1.807) is 0 Å². The highest BCUT2D eigenvalue weighted by Crippen LogP contribution is 2.49. The highest BCUT2D eigenvalue weighted by atomic mass is 16.1. The number of fused-ring (bicyclic) bond motifs is 1. The molecule has 1 nitrogen and oxygen atoms in total. The molecule has 2 atom stereocenters. The Balaban J connectivity index is 2.45. The van der Waals surface area contributed by atoms with Crippen molar-refractivity contribution in [2.75, 3.05) is 0 Å². The lowest BCUT2D eigenvalue weighted by Gasteiger charge is -2.29. The highest BCUT2D eigenvalue weighted by Gasteiger charge is 2.46. The Labute approximate surface area is 97.9 Å². The van der Waals surface area contributed by atoms with Gasteiger partial charge >= 0.3 is 0 Å². The molecule has 1 aromatic carbocycles. The van der Waals surface area contributed by atoms with Crippen LogP contribution in [0.25, 0.3) is 0 Å². The van der Waals surface area contributed by atoms with E-state index in [-0.39, 0.29) is 5.41 Å². The monoisotopic (exact) mass is 216 g/mol. The van der Waals surface area contributed by atoms with Crippen LogP contribution in [0.15, 0.2) is 24.3 Å². The van der Waals surface area contributed by atoms with Crippen molar-refractivity contribution >= 4 is 5.78 Å². The summed E-state index contributed by atoms with van der Waals surface area (Å²) in [5.74, 6) is 1.24. The number of benzene rings is 1. The van der Waals surface area contributed by atoms with Gasteiger partial charge in [-0.2, -0.15) is 0 Å². The molecular formula is C15H20O. The number of carbonyl (C=O) groups is 1. The summed E-state index contributed by atoms with van der Waals surface area (Å²) >= 11 is 0. The fraction of sp³-hybridized carbons (Fsp3) is 0.533. The van der Waals surface area contributed by atoms with Crippen molar-refractivity contribution in [3.05, 3.63) is 35.4 Å². The molecule has 0 bridgehead atoms.